The number of alkyl halides is 1. The lowest BCUT2D eigenvalue weighted by Gasteiger charge is -2.02. The third-order valence-corrected chi connectivity index (χ3v) is 2.62. The smallest absolute Gasteiger partial charge is 0.223 e. The van der Waals surface area contributed by atoms with E-state index in [9.17, 15) is 4.79 Å². The molecule has 0 unspecified atom stereocenters. The topological polar surface area (TPSA) is 29.1 Å². The maximum Gasteiger partial charge on any atom is 0.223 e. The molecule has 0 aromatic rings. The minimum Gasteiger partial charge on any atom is -0.356 e. The van der Waals surface area contributed by atoms with Gasteiger partial charge < -0.3 is 5.32 Å². The molecule has 12 heavy (non-hydrogen) atoms. The van der Waals surface area contributed by atoms with Crippen molar-refractivity contribution in [2.75, 3.05) is 11.9 Å². The van der Waals surface area contributed by atoms with Crippen LogP contribution in [0, 0.1) is 5.92 Å². The predicted molar refractivity (Wildman–Crippen MR) is 53.4 cm³/mol. The van der Waals surface area contributed by atoms with Gasteiger partial charge in [0.2, 0.25) is 5.91 Å². The van der Waals surface area contributed by atoms with Crippen molar-refractivity contribution in [3.05, 3.63) is 0 Å². The highest BCUT2D eigenvalue weighted by atomic mass is 79.9. The molecule has 0 aromatic heterocycles. The van der Waals surface area contributed by atoms with E-state index in [4.69, 9.17) is 0 Å². The summed E-state index contributed by atoms with van der Waals surface area (Å²) in [4.78, 5) is 11.1. The Hall–Kier alpha value is -0.0500. The summed E-state index contributed by atoms with van der Waals surface area (Å²) in [5.74, 6) is 0.634. The van der Waals surface area contributed by atoms with Crippen LogP contribution in [0.1, 0.15) is 32.1 Å². The highest BCUT2D eigenvalue weighted by Crippen LogP contribution is 2.28. The summed E-state index contributed by atoms with van der Waals surface area (Å²) in [7, 11) is 0. The Kier molecular flexibility index (Phi) is 4.66. The standard InChI is InChI=1S/C9H16BrNO/c10-6-2-1-3-7-11-9(12)8-4-5-8/h8H,1-7H2,(H,11,12). The first-order valence-electron chi connectivity index (χ1n) is 4.68. The lowest BCUT2D eigenvalue weighted by atomic mass is 10.2. The van der Waals surface area contributed by atoms with Gasteiger partial charge in [-0.15, -0.1) is 0 Å². The number of halogens is 1. The Morgan fingerprint density at radius 3 is 2.67 bits per heavy atom. The van der Waals surface area contributed by atoms with E-state index in [0.29, 0.717) is 5.92 Å². The highest BCUT2D eigenvalue weighted by molar-refractivity contribution is 9.09. The van der Waals surface area contributed by atoms with E-state index in [1.165, 1.54) is 12.8 Å². The molecule has 1 aliphatic rings. The van der Waals surface area contributed by atoms with Crippen LogP contribution in [0.2, 0.25) is 0 Å². The third kappa shape index (κ3) is 4.10. The van der Waals surface area contributed by atoms with E-state index in [2.05, 4.69) is 21.2 Å². The number of unbranched alkanes of at least 4 members (excludes halogenated alkanes) is 2. The quantitative estimate of drug-likeness (QED) is 0.553. The van der Waals surface area contributed by atoms with Crippen molar-refractivity contribution in [2.24, 2.45) is 5.92 Å². The van der Waals surface area contributed by atoms with Gasteiger partial charge in [0.25, 0.3) is 0 Å². The SMILES string of the molecule is O=C(NCCCCCBr)C1CC1. The third-order valence-electron chi connectivity index (χ3n) is 2.06. The van der Waals surface area contributed by atoms with Crippen molar-refractivity contribution in [1.82, 2.24) is 5.32 Å². The minimum absolute atomic E-state index is 0.272. The van der Waals surface area contributed by atoms with Crippen LogP contribution in [0.4, 0.5) is 0 Å². The van der Waals surface area contributed by atoms with Crippen molar-refractivity contribution in [2.45, 2.75) is 32.1 Å². The zero-order valence-corrected chi connectivity index (χ0v) is 8.90. The molecule has 1 N–H and O–H groups in total. The number of nitrogens with one attached hydrogen (secondary N) is 1. The second-order valence-corrected chi connectivity index (χ2v) is 4.11. The van der Waals surface area contributed by atoms with E-state index in [-0.39, 0.29) is 5.91 Å². The van der Waals surface area contributed by atoms with Crippen molar-refractivity contribution < 1.29 is 4.79 Å². The van der Waals surface area contributed by atoms with Crippen LogP contribution in [0.25, 0.3) is 0 Å². The fourth-order valence-electron chi connectivity index (χ4n) is 1.10. The lowest BCUT2D eigenvalue weighted by molar-refractivity contribution is -0.122. The fraction of sp³-hybridized carbons (Fsp3) is 0.889. The average Bonchev–Trinajstić information content (AvgIpc) is 2.86. The van der Waals surface area contributed by atoms with Gasteiger partial charge in [0.1, 0.15) is 0 Å². The van der Waals surface area contributed by atoms with Gasteiger partial charge in [-0.25, -0.2) is 0 Å². The summed E-state index contributed by atoms with van der Waals surface area (Å²) >= 11 is 3.38. The van der Waals surface area contributed by atoms with Gasteiger partial charge in [0.05, 0.1) is 0 Å². The van der Waals surface area contributed by atoms with Crippen LogP contribution in [0.15, 0.2) is 0 Å². The van der Waals surface area contributed by atoms with Crippen LogP contribution < -0.4 is 5.32 Å². The van der Waals surface area contributed by atoms with Crippen LogP contribution >= 0.6 is 15.9 Å². The number of rotatable bonds is 6. The van der Waals surface area contributed by atoms with E-state index < -0.39 is 0 Å². The van der Waals surface area contributed by atoms with E-state index in [0.717, 1.165) is 31.1 Å². The van der Waals surface area contributed by atoms with Crippen LogP contribution in [0.5, 0.6) is 0 Å². The van der Waals surface area contributed by atoms with Gasteiger partial charge >= 0.3 is 0 Å². The van der Waals surface area contributed by atoms with Crippen molar-refractivity contribution in [3.63, 3.8) is 0 Å². The summed E-state index contributed by atoms with van der Waals surface area (Å²) in [6.07, 6.45) is 5.74. The molecular weight excluding hydrogens is 218 g/mol. The molecule has 2 nitrogen and oxygen atoms in total. The molecule has 1 aliphatic carbocycles. The van der Waals surface area contributed by atoms with Gasteiger partial charge in [-0.05, 0) is 25.7 Å². The number of hydrogen-bond acceptors (Lipinski definition) is 1. The Labute approximate surface area is 82.2 Å². The van der Waals surface area contributed by atoms with E-state index >= 15 is 0 Å². The summed E-state index contributed by atoms with van der Waals surface area (Å²) in [6.45, 7) is 0.863. The largest absolute Gasteiger partial charge is 0.356 e. The minimum atomic E-state index is 0.272. The van der Waals surface area contributed by atoms with Crippen molar-refractivity contribution >= 4 is 21.8 Å². The molecule has 1 amide bonds. The number of carbonyl (C=O) groups excluding carboxylic acids is 1. The molecule has 3 heteroatoms. The molecule has 0 spiro atoms. The van der Waals surface area contributed by atoms with Crippen molar-refractivity contribution in [1.29, 1.82) is 0 Å². The first-order chi connectivity index (χ1) is 5.84. The van der Waals surface area contributed by atoms with Gasteiger partial charge in [-0.1, -0.05) is 22.4 Å². The number of hydrogen-bond donors (Lipinski definition) is 1. The Balaban J connectivity index is 1.84. The molecule has 0 bridgehead atoms. The molecular formula is C9H16BrNO. The van der Waals surface area contributed by atoms with Crippen LogP contribution in [0.3, 0.4) is 0 Å². The number of amides is 1. The Morgan fingerprint density at radius 2 is 2.08 bits per heavy atom. The second-order valence-electron chi connectivity index (χ2n) is 3.31. The van der Waals surface area contributed by atoms with Gasteiger partial charge in [0, 0.05) is 17.8 Å². The summed E-state index contributed by atoms with van der Waals surface area (Å²) in [5, 5.41) is 4.02. The normalized spacial score (nSPS) is 16.1. The van der Waals surface area contributed by atoms with Gasteiger partial charge in [-0.2, -0.15) is 0 Å². The summed E-state index contributed by atoms with van der Waals surface area (Å²) < 4.78 is 0. The summed E-state index contributed by atoms with van der Waals surface area (Å²) in [6, 6.07) is 0. The molecule has 1 rings (SSSR count). The molecule has 0 atom stereocenters. The molecule has 1 saturated carbocycles. The number of carbonyl (C=O) groups is 1. The second kappa shape index (κ2) is 5.57. The highest BCUT2D eigenvalue weighted by Gasteiger charge is 2.28. The molecule has 0 saturated heterocycles. The van der Waals surface area contributed by atoms with Gasteiger partial charge in [0.15, 0.2) is 0 Å². The summed E-state index contributed by atoms with van der Waals surface area (Å²) in [5.41, 5.74) is 0. The maximum atomic E-state index is 11.1. The average molecular weight is 234 g/mol. The molecule has 0 radical (unpaired) electrons. The van der Waals surface area contributed by atoms with Gasteiger partial charge in [-0.3, -0.25) is 4.79 Å². The molecule has 0 aromatic carbocycles. The molecule has 0 aliphatic heterocycles. The molecule has 1 fully saturated rings. The monoisotopic (exact) mass is 233 g/mol. The predicted octanol–water partition coefficient (Wildman–Crippen LogP) is 2.08. The lowest BCUT2D eigenvalue weighted by Crippen LogP contribution is -2.25. The molecule has 0 heterocycles. The van der Waals surface area contributed by atoms with Crippen LogP contribution in [-0.4, -0.2) is 17.8 Å². The van der Waals surface area contributed by atoms with Crippen molar-refractivity contribution in [3.8, 4) is 0 Å². The fourth-order valence-corrected chi connectivity index (χ4v) is 1.49. The Bertz CT molecular complexity index is 145. The zero-order chi connectivity index (χ0) is 8.81. The Morgan fingerprint density at radius 1 is 1.33 bits per heavy atom. The van der Waals surface area contributed by atoms with Crippen LogP contribution in [-0.2, 0) is 4.79 Å². The van der Waals surface area contributed by atoms with E-state index in [1.807, 2.05) is 0 Å². The first-order valence-corrected chi connectivity index (χ1v) is 5.80. The maximum absolute atomic E-state index is 11.1. The molecule has 70 valence electrons. The zero-order valence-electron chi connectivity index (χ0n) is 7.31. The first kappa shape index (κ1) is 10.0. The van der Waals surface area contributed by atoms with E-state index in [1.54, 1.807) is 0 Å².